The Kier molecular flexibility index (Phi) is 5.10. The third-order valence-corrected chi connectivity index (χ3v) is 5.35. The highest BCUT2D eigenvalue weighted by Gasteiger charge is 2.50. The van der Waals surface area contributed by atoms with Gasteiger partial charge in [-0.3, -0.25) is 0 Å². The summed E-state index contributed by atoms with van der Waals surface area (Å²) in [6, 6.07) is 2.05. The van der Waals surface area contributed by atoms with Gasteiger partial charge in [-0.05, 0) is 33.3 Å². The van der Waals surface area contributed by atoms with Crippen LogP contribution in [0.2, 0.25) is 0 Å². The first kappa shape index (κ1) is 18.9. The van der Waals surface area contributed by atoms with Crippen molar-refractivity contribution in [1.82, 2.24) is 14.9 Å². The fourth-order valence-electron chi connectivity index (χ4n) is 3.54. The number of ether oxygens (including phenoxy) is 1. The topological polar surface area (TPSA) is 79.9 Å². The van der Waals surface area contributed by atoms with E-state index in [1.54, 1.807) is 12.4 Å². The maximum atomic E-state index is 6.32. The van der Waals surface area contributed by atoms with Crippen LogP contribution in [0.25, 0.3) is 0 Å². The Labute approximate surface area is 156 Å². The normalized spacial score (nSPS) is 26.6. The first-order chi connectivity index (χ1) is 12.2. The van der Waals surface area contributed by atoms with Gasteiger partial charge >= 0.3 is 0 Å². The van der Waals surface area contributed by atoms with E-state index in [-0.39, 0.29) is 23.2 Å². The Morgan fingerprint density at radius 2 is 1.81 bits per heavy atom. The summed E-state index contributed by atoms with van der Waals surface area (Å²) < 4.78 is 6.17. The summed E-state index contributed by atoms with van der Waals surface area (Å²) in [5.74, 6) is 1.43. The molecule has 1 saturated heterocycles. The number of nitrogens with two attached hydrogens (primary N) is 1. The van der Waals surface area contributed by atoms with Gasteiger partial charge in [-0.2, -0.15) is 0 Å². The molecule has 26 heavy (non-hydrogen) atoms. The first-order valence-electron chi connectivity index (χ1n) is 9.45. The van der Waals surface area contributed by atoms with Crippen molar-refractivity contribution in [2.75, 3.05) is 31.1 Å². The molecule has 0 amide bonds. The molecule has 2 aliphatic rings. The highest BCUT2D eigenvalue weighted by atomic mass is 16.5. The summed E-state index contributed by atoms with van der Waals surface area (Å²) in [6.45, 7) is 14.1. The molecule has 144 valence electrons. The maximum Gasteiger partial charge on any atom is 0.225 e. The smallest absolute Gasteiger partial charge is 0.225 e. The Morgan fingerprint density at radius 3 is 2.35 bits per heavy atom. The van der Waals surface area contributed by atoms with Crippen LogP contribution in [-0.2, 0) is 4.74 Å². The van der Waals surface area contributed by atoms with Crippen LogP contribution in [0.5, 0.6) is 0 Å². The summed E-state index contributed by atoms with van der Waals surface area (Å²) >= 11 is 0. The zero-order valence-corrected chi connectivity index (χ0v) is 16.6. The van der Waals surface area contributed by atoms with Crippen LogP contribution < -0.4 is 10.6 Å². The Hall–Kier alpha value is -1.89. The quantitative estimate of drug-likeness (QED) is 0.655. The number of anilines is 1. The van der Waals surface area contributed by atoms with Gasteiger partial charge in [-0.15, -0.1) is 0 Å². The molecule has 0 aromatic carbocycles. The molecule has 1 saturated carbocycles. The lowest BCUT2D eigenvalue weighted by molar-refractivity contribution is -0.166. The second-order valence-corrected chi connectivity index (χ2v) is 8.80. The summed E-state index contributed by atoms with van der Waals surface area (Å²) in [5.41, 5.74) is 6.21. The van der Waals surface area contributed by atoms with E-state index in [2.05, 4.69) is 54.4 Å². The van der Waals surface area contributed by atoms with E-state index in [0.29, 0.717) is 5.96 Å². The number of guanidine groups is 1. The molecule has 0 unspecified atom stereocenters. The summed E-state index contributed by atoms with van der Waals surface area (Å²) in [5, 5.41) is 0. The van der Waals surface area contributed by atoms with Crippen LogP contribution in [0.4, 0.5) is 5.95 Å². The lowest BCUT2D eigenvalue weighted by atomic mass is 9.64. The molecular weight excluding hydrogens is 328 g/mol. The highest BCUT2D eigenvalue weighted by Crippen LogP contribution is 2.46. The van der Waals surface area contributed by atoms with Crippen molar-refractivity contribution in [3.8, 4) is 0 Å². The molecule has 2 atom stereocenters. The van der Waals surface area contributed by atoms with E-state index in [1.165, 1.54) is 0 Å². The van der Waals surface area contributed by atoms with Gasteiger partial charge in [0.05, 0.1) is 17.7 Å². The highest BCUT2D eigenvalue weighted by molar-refractivity contribution is 5.78. The Bertz CT molecular complexity index is 631. The molecule has 7 nitrogen and oxygen atoms in total. The molecule has 1 aromatic rings. The number of piperazine rings is 1. The zero-order chi connectivity index (χ0) is 18.9. The van der Waals surface area contributed by atoms with Crippen molar-refractivity contribution >= 4 is 11.9 Å². The van der Waals surface area contributed by atoms with Gasteiger partial charge in [0.1, 0.15) is 0 Å². The molecule has 2 fully saturated rings. The molecule has 1 aromatic heterocycles. The predicted octanol–water partition coefficient (Wildman–Crippen LogP) is 1.90. The Morgan fingerprint density at radius 1 is 1.19 bits per heavy atom. The number of rotatable bonds is 3. The summed E-state index contributed by atoms with van der Waals surface area (Å²) in [6.07, 6.45) is 4.72. The van der Waals surface area contributed by atoms with Crippen molar-refractivity contribution in [1.29, 1.82) is 0 Å². The monoisotopic (exact) mass is 360 g/mol. The van der Waals surface area contributed by atoms with Gasteiger partial charge in [0.15, 0.2) is 5.96 Å². The fourth-order valence-corrected chi connectivity index (χ4v) is 3.54. The fraction of sp³-hybridized carbons (Fsp3) is 0.737. The van der Waals surface area contributed by atoms with E-state index in [0.717, 1.165) is 38.5 Å². The van der Waals surface area contributed by atoms with Crippen LogP contribution in [0, 0.1) is 5.41 Å². The average Bonchev–Trinajstić information content (AvgIpc) is 2.60. The largest absolute Gasteiger partial charge is 0.372 e. The molecule has 7 heteroatoms. The van der Waals surface area contributed by atoms with Gasteiger partial charge in [0.25, 0.3) is 0 Å². The minimum Gasteiger partial charge on any atom is -0.372 e. The van der Waals surface area contributed by atoms with Crippen molar-refractivity contribution in [3.05, 3.63) is 18.5 Å². The number of aliphatic imine (C=N–C) groups is 1. The SMILES string of the molecule is CC(C)(C)O[C@@H]1C[C@H](N=C(N)N2CCN(c3ncccn3)CC2)C1(C)C. The van der Waals surface area contributed by atoms with Crippen molar-refractivity contribution < 1.29 is 4.74 Å². The molecule has 1 aliphatic heterocycles. The van der Waals surface area contributed by atoms with Crippen LogP contribution in [0.3, 0.4) is 0 Å². The number of aromatic nitrogens is 2. The van der Waals surface area contributed by atoms with E-state index in [4.69, 9.17) is 15.5 Å². The average molecular weight is 361 g/mol. The molecule has 0 radical (unpaired) electrons. The van der Waals surface area contributed by atoms with Gasteiger partial charge in [-0.25, -0.2) is 15.0 Å². The third-order valence-electron chi connectivity index (χ3n) is 5.35. The third kappa shape index (κ3) is 4.09. The number of hydrogen-bond donors (Lipinski definition) is 1. The molecule has 1 aliphatic carbocycles. The van der Waals surface area contributed by atoms with Crippen LogP contribution in [0.1, 0.15) is 41.0 Å². The van der Waals surface area contributed by atoms with Crippen LogP contribution in [0.15, 0.2) is 23.5 Å². The molecule has 3 rings (SSSR count). The minimum atomic E-state index is -0.127. The standard InChI is InChI=1S/C19H32N6O/c1-18(2,3)26-15-13-14(19(15,4)5)23-16(20)24-9-11-25(12-10-24)17-21-7-6-8-22-17/h6-8,14-15H,9-13H2,1-5H3,(H2,20,23)/t14-,15+/m0/s1. The summed E-state index contributed by atoms with van der Waals surface area (Å²) in [7, 11) is 0. The lowest BCUT2D eigenvalue weighted by Gasteiger charge is -2.52. The molecule has 2 N–H and O–H groups in total. The number of nitrogens with zero attached hydrogens (tertiary/aromatic N) is 5. The van der Waals surface area contributed by atoms with Crippen LogP contribution >= 0.6 is 0 Å². The van der Waals surface area contributed by atoms with Gasteiger partial charge in [0.2, 0.25) is 5.95 Å². The van der Waals surface area contributed by atoms with Crippen LogP contribution in [-0.4, -0.2) is 64.8 Å². The predicted molar refractivity (Wildman–Crippen MR) is 104 cm³/mol. The second kappa shape index (κ2) is 7.02. The van der Waals surface area contributed by atoms with Crippen molar-refractivity contribution in [3.63, 3.8) is 0 Å². The van der Waals surface area contributed by atoms with Gasteiger partial charge < -0.3 is 20.3 Å². The first-order valence-corrected chi connectivity index (χ1v) is 9.45. The van der Waals surface area contributed by atoms with Crippen molar-refractivity contribution in [2.24, 2.45) is 16.1 Å². The Balaban J connectivity index is 1.55. The van der Waals surface area contributed by atoms with Gasteiger partial charge in [-0.1, -0.05) is 13.8 Å². The van der Waals surface area contributed by atoms with Gasteiger partial charge in [0, 0.05) is 44.0 Å². The maximum absolute atomic E-state index is 6.32. The molecule has 0 bridgehead atoms. The second-order valence-electron chi connectivity index (χ2n) is 8.80. The molecule has 0 spiro atoms. The summed E-state index contributed by atoms with van der Waals surface area (Å²) in [4.78, 5) is 17.8. The van der Waals surface area contributed by atoms with E-state index >= 15 is 0 Å². The van der Waals surface area contributed by atoms with Crippen molar-refractivity contribution in [2.45, 2.75) is 58.8 Å². The van der Waals surface area contributed by atoms with E-state index in [9.17, 15) is 0 Å². The molecular formula is C19H32N6O. The van der Waals surface area contributed by atoms with E-state index < -0.39 is 0 Å². The molecule has 2 heterocycles. The van der Waals surface area contributed by atoms with E-state index in [1.807, 2.05) is 6.07 Å². The zero-order valence-electron chi connectivity index (χ0n) is 16.6. The number of hydrogen-bond acceptors (Lipinski definition) is 5. The minimum absolute atomic E-state index is 0.0115. The lowest BCUT2D eigenvalue weighted by Crippen LogP contribution is -2.57.